The molecule has 0 saturated heterocycles. The van der Waals surface area contributed by atoms with Gasteiger partial charge in [0.2, 0.25) is 0 Å². The van der Waals surface area contributed by atoms with E-state index in [-0.39, 0.29) is 32.3 Å². The Hall–Kier alpha value is -1.20. The first-order valence-corrected chi connectivity index (χ1v) is 8.76. The fourth-order valence-corrected chi connectivity index (χ4v) is 4.56. The molecule has 0 fully saturated rings. The molecule has 0 aliphatic carbocycles. The Balaban J connectivity index is 0.00000264. The van der Waals surface area contributed by atoms with Gasteiger partial charge in [-0.05, 0) is 0 Å². The first-order chi connectivity index (χ1) is 10.7. The summed E-state index contributed by atoms with van der Waals surface area (Å²) in [4.78, 5) is 0. The number of hydrogen-bond donors (Lipinski definition) is 0. The second kappa shape index (κ2) is 9.83. The molecule has 3 nitrogen and oxygen atoms in total. The maximum atomic E-state index is 13.7. The molecule has 2 aromatic carbocycles. The molecule has 2 aromatic rings. The van der Waals surface area contributed by atoms with Crippen LogP contribution in [0.1, 0.15) is 0 Å². The van der Waals surface area contributed by atoms with Crippen LogP contribution >= 0.6 is 7.14 Å². The summed E-state index contributed by atoms with van der Waals surface area (Å²) in [5.41, 5.74) is 0.674. The van der Waals surface area contributed by atoms with Crippen molar-refractivity contribution < 1.29 is 32.9 Å². The zero-order valence-electron chi connectivity index (χ0n) is 13.6. The van der Waals surface area contributed by atoms with E-state index in [1.165, 1.54) is 0 Å². The molecule has 0 heterocycles. The molecule has 0 amide bonds. The van der Waals surface area contributed by atoms with Gasteiger partial charge in [0, 0.05) is 24.3 Å². The third-order valence-electron chi connectivity index (χ3n) is 3.13. The van der Waals surface area contributed by atoms with Crippen molar-refractivity contribution in [3.8, 4) is 0 Å². The molecule has 0 saturated carbocycles. The van der Waals surface area contributed by atoms with Gasteiger partial charge in [-0.25, -0.2) is 6.58 Å². The standard InChI is InChI=1S/C18H20O3P.Li/c1-16(13-21-15-20-2)14-22(19,17-9-5-3-6-10-17)18-11-7-4-8-12-18;/h3-12,14H,1,13,15H2,2H3;/q-1;+1. The molecule has 0 radical (unpaired) electrons. The van der Waals surface area contributed by atoms with Crippen LogP contribution in [0.5, 0.6) is 0 Å². The molecule has 0 unspecified atom stereocenters. The molecular formula is C18H20LiO3P. The molecule has 5 heteroatoms. The normalized spacial score (nSPS) is 10.7. The summed E-state index contributed by atoms with van der Waals surface area (Å²) in [6, 6.07) is 18.9. The maximum absolute atomic E-state index is 13.7. The second-order valence-electron chi connectivity index (χ2n) is 4.87. The smallest absolute Gasteiger partial charge is 0.359 e. The molecule has 116 valence electrons. The largest absolute Gasteiger partial charge is 1.00 e. The predicted octanol–water partition coefficient (Wildman–Crippen LogP) is 0.343. The number of ether oxygens (including phenoxy) is 2. The van der Waals surface area contributed by atoms with Gasteiger partial charge >= 0.3 is 18.9 Å². The molecule has 0 bridgehead atoms. The number of rotatable bonds is 8. The van der Waals surface area contributed by atoms with Crippen LogP contribution in [0.25, 0.3) is 0 Å². The van der Waals surface area contributed by atoms with Crippen molar-refractivity contribution in [1.29, 1.82) is 0 Å². The van der Waals surface area contributed by atoms with E-state index in [0.717, 1.165) is 10.6 Å². The SMILES string of the molecule is C=C([CH-]P(=O)(c1ccccc1)c1ccccc1)COCOC.[Li+]. The number of methoxy groups -OCH3 is 1. The minimum absolute atomic E-state index is 0. The topological polar surface area (TPSA) is 35.5 Å². The van der Waals surface area contributed by atoms with E-state index in [1.807, 2.05) is 60.7 Å². The van der Waals surface area contributed by atoms with Crippen LogP contribution in [0.2, 0.25) is 0 Å². The summed E-state index contributed by atoms with van der Waals surface area (Å²) in [6.07, 6.45) is 1.73. The molecule has 0 aliphatic heterocycles. The summed E-state index contributed by atoms with van der Waals surface area (Å²) < 4.78 is 23.8. The van der Waals surface area contributed by atoms with Crippen molar-refractivity contribution in [3.63, 3.8) is 0 Å². The van der Waals surface area contributed by atoms with Crippen LogP contribution in [0.4, 0.5) is 0 Å². The van der Waals surface area contributed by atoms with Gasteiger partial charge in [-0.3, -0.25) is 0 Å². The zero-order valence-corrected chi connectivity index (χ0v) is 14.5. The van der Waals surface area contributed by atoms with E-state index in [9.17, 15) is 4.57 Å². The van der Waals surface area contributed by atoms with Gasteiger partial charge in [0.05, 0.1) is 7.14 Å². The second-order valence-corrected chi connectivity index (χ2v) is 7.48. The minimum atomic E-state index is -2.87. The molecule has 23 heavy (non-hydrogen) atoms. The van der Waals surface area contributed by atoms with Crippen LogP contribution in [-0.4, -0.2) is 20.5 Å². The average Bonchev–Trinajstić information content (AvgIpc) is 2.56. The Bertz CT molecular complexity index is 600. The van der Waals surface area contributed by atoms with Gasteiger partial charge < -0.3 is 14.0 Å². The fraction of sp³-hybridized carbons (Fsp3) is 0.167. The van der Waals surface area contributed by atoms with E-state index in [4.69, 9.17) is 9.47 Å². The minimum Gasteiger partial charge on any atom is -0.359 e. The zero-order chi connectivity index (χ0) is 15.8. The Morgan fingerprint density at radius 3 is 1.96 bits per heavy atom. The van der Waals surface area contributed by atoms with Crippen molar-refractivity contribution in [2.45, 2.75) is 0 Å². The van der Waals surface area contributed by atoms with Crippen molar-refractivity contribution in [1.82, 2.24) is 0 Å². The van der Waals surface area contributed by atoms with Gasteiger partial charge in [-0.1, -0.05) is 60.7 Å². The van der Waals surface area contributed by atoms with E-state index < -0.39 is 7.14 Å². The van der Waals surface area contributed by atoms with Gasteiger partial charge in [-0.15, -0.1) is 0 Å². The Morgan fingerprint density at radius 1 is 1.04 bits per heavy atom. The quantitative estimate of drug-likeness (QED) is 0.231. The van der Waals surface area contributed by atoms with Crippen LogP contribution in [-0.2, 0) is 14.0 Å². The van der Waals surface area contributed by atoms with E-state index in [1.54, 1.807) is 13.3 Å². The monoisotopic (exact) mass is 322 g/mol. The number of hydrogen-bond acceptors (Lipinski definition) is 3. The van der Waals surface area contributed by atoms with E-state index in [2.05, 4.69) is 6.58 Å². The molecule has 0 aromatic heterocycles. The Kier molecular flexibility index (Phi) is 8.48. The maximum Gasteiger partial charge on any atom is 1.00 e. The fourth-order valence-electron chi connectivity index (χ4n) is 2.15. The van der Waals surface area contributed by atoms with Crippen LogP contribution in [0.3, 0.4) is 0 Å². The van der Waals surface area contributed by atoms with E-state index >= 15 is 0 Å². The van der Waals surface area contributed by atoms with Crippen molar-refractivity contribution in [2.75, 3.05) is 20.5 Å². The number of benzene rings is 2. The molecular weight excluding hydrogens is 302 g/mol. The van der Waals surface area contributed by atoms with Gasteiger partial charge in [-0.2, -0.15) is 11.7 Å². The van der Waals surface area contributed by atoms with Gasteiger partial charge in [0.1, 0.15) is 6.79 Å². The van der Waals surface area contributed by atoms with Gasteiger partial charge in [0.25, 0.3) is 0 Å². The first kappa shape index (κ1) is 19.8. The molecule has 0 N–H and O–H groups in total. The van der Waals surface area contributed by atoms with E-state index in [0.29, 0.717) is 5.57 Å². The van der Waals surface area contributed by atoms with Crippen LogP contribution in [0, 0.1) is 6.16 Å². The average molecular weight is 322 g/mol. The van der Waals surface area contributed by atoms with Crippen LogP contribution in [0.15, 0.2) is 72.8 Å². The predicted molar refractivity (Wildman–Crippen MR) is 91.0 cm³/mol. The Morgan fingerprint density at radius 2 is 1.52 bits per heavy atom. The summed E-state index contributed by atoms with van der Waals surface area (Å²) in [5, 5.41) is 1.57. The first-order valence-electron chi connectivity index (χ1n) is 6.98. The molecule has 2 rings (SSSR count). The Labute approximate surface area is 150 Å². The summed E-state index contributed by atoms with van der Waals surface area (Å²) in [5.74, 6) is 0. The molecule has 0 spiro atoms. The van der Waals surface area contributed by atoms with Crippen molar-refractivity contribution in [2.24, 2.45) is 0 Å². The third-order valence-corrected chi connectivity index (χ3v) is 5.99. The summed E-state index contributed by atoms with van der Waals surface area (Å²) in [7, 11) is -1.31. The summed E-state index contributed by atoms with van der Waals surface area (Å²) >= 11 is 0. The molecule has 0 aliphatic rings. The summed E-state index contributed by atoms with van der Waals surface area (Å²) in [6.45, 7) is 4.43. The van der Waals surface area contributed by atoms with Crippen LogP contribution < -0.4 is 29.5 Å². The van der Waals surface area contributed by atoms with Gasteiger partial charge in [0.15, 0.2) is 0 Å². The third kappa shape index (κ3) is 5.43. The molecule has 0 atom stereocenters. The van der Waals surface area contributed by atoms with Crippen molar-refractivity contribution >= 4 is 17.8 Å². The van der Waals surface area contributed by atoms with Crippen molar-refractivity contribution in [3.05, 3.63) is 79.0 Å².